The Morgan fingerprint density at radius 2 is 1.96 bits per heavy atom. The molecule has 3 nitrogen and oxygen atoms in total. The van der Waals surface area contributed by atoms with Crippen LogP contribution in [0.15, 0.2) is 60.4 Å². The smallest absolute Gasteiger partial charge is 0.167 e. The molecule has 0 saturated carbocycles. The van der Waals surface area contributed by atoms with Crippen molar-refractivity contribution in [1.29, 1.82) is 0 Å². The van der Waals surface area contributed by atoms with Crippen LogP contribution in [0.5, 0.6) is 0 Å². The van der Waals surface area contributed by atoms with Gasteiger partial charge in [0.1, 0.15) is 0 Å². The third-order valence-electron chi connectivity index (χ3n) is 4.19. The van der Waals surface area contributed by atoms with Crippen molar-refractivity contribution in [2.45, 2.75) is 20.4 Å². The molecule has 0 spiro atoms. The first-order chi connectivity index (χ1) is 11.0. The number of aromatic nitrogens is 1. The summed E-state index contributed by atoms with van der Waals surface area (Å²) in [6, 6.07) is 14.3. The highest BCUT2D eigenvalue weighted by Crippen LogP contribution is 2.30. The van der Waals surface area contributed by atoms with E-state index in [4.69, 9.17) is 0 Å². The third-order valence-corrected chi connectivity index (χ3v) is 4.19. The van der Waals surface area contributed by atoms with Crippen molar-refractivity contribution < 1.29 is 4.79 Å². The quantitative estimate of drug-likeness (QED) is 0.813. The van der Waals surface area contributed by atoms with Crippen LogP contribution in [0, 0.1) is 5.41 Å². The van der Waals surface area contributed by atoms with E-state index < -0.39 is 0 Å². The van der Waals surface area contributed by atoms with E-state index in [-0.39, 0.29) is 11.2 Å². The molecule has 1 aliphatic rings. The number of hydrogen-bond acceptors (Lipinski definition) is 3. The molecule has 0 N–H and O–H groups in total. The fraction of sp³-hybridized carbons (Fsp3) is 0.300. The first-order valence-electron chi connectivity index (χ1n) is 7.96. The number of ketones is 1. The van der Waals surface area contributed by atoms with Crippen LogP contribution in [0.2, 0.25) is 0 Å². The maximum absolute atomic E-state index is 12.7. The van der Waals surface area contributed by atoms with Crippen LogP contribution in [0.1, 0.15) is 25.0 Å². The molecule has 0 amide bonds. The predicted molar refractivity (Wildman–Crippen MR) is 92.7 cm³/mol. The SMILES string of the molecule is CC1(C)CN(Cc2ccccc2)CC(=Cc2cccnc2)C1=O. The number of Topliss-reactive ketones (excluding diaryl/α,β-unsaturated/α-hetero) is 1. The van der Waals surface area contributed by atoms with Gasteiger partial charge in [-0.05, 0) is 23.3 Å². The van der Waals surface area contributed by atoms with Gasteiger partial charge in [-0.3, -0.25) is 14.7 Å². The fourth-order valence-corrected chi connectivity index (χ4v) is 3.16. The Morgan fingerprint density at radius 1 is 1.17 bits per heavy atom. The highest BCUT2D eigenvalue weighted by molar-refractivity contribution is 6.04. The Morgan fingerprint density at radius 3 is 2.65 bits per heavy atom. The van der Waals surface area contributed by atoms with Gasteiger partial charge >= 0.3 is 0 Å². The summed E-state index contributed by atoms with van der Waals surface area (Å²) in [6.45, 7) is 6.40. The van der Waals surface area contributed by atoms with E-state index in [0.717, 1.165) is 24.2 Å². The first kappa shape index (κ1) is 15.6. The predicted octanol–water partition coefficient (Wildman–Crippen LogP) is 3.58. The zero-order valence-corrected chi connectivity index (χ0v) is 13.7. The molecule has 1 aromatic heterocycles. The molecule has 3 rings (SSSR count). The van der Waals surface area contributed by atoms with E-state index in [2.05, 4.69) is 34.1 Å². The third kappa shape index (κ3) is 3.74. The Kier molecular flexibility index (Phi) is 4.39. The molecule has 0 aliphatic carbocycles. The minimum Gasteiger partial charge on any atom is -0.294 e. The van der Waals surface area contributed by atoms with Gasteiger partial charge in [-0.25, -0.2) is 0 Å². The summed E-state index contributed by atoms with van der Waals surface area (Å²) >= 11 is 0. The van der Waals surface area contributed by atoms with Crippen LogP contribution in [0.25, 0.3) is 6.08 Å². The van der Waals surface area contributed by atoms with Crippen LogP contribution in [0.4, 0.5) is 0 Å². The molecule has 0 bridgehead atoms. The van der Waals surface area contributed by atoms with Gasteiger partial charge in [0.2, 0.25) is 0 Å². The fourth-order valence-electron chi connectivity index (χ4n) is 3.16. The van der Waals surface area contributed by atoms with E-state index in [0.29, 0.717) is 6.54 Å². The van der Waals surface area contributed by atoms with Crippen molar-refractivity contribution in [1.82, 2.24) is 9.88 Å². The lowest BCUT2D eigenvalue weighted by molar-refractivity contribution is -0.126. The lowest BCUT2D eigenvalue weighted by Crippen LogP contribution is -2.47. The number of benzene rings is 1. The topological polar surface area (TPSA) is 33.2 Å². The second kappa shape index (κ2) is 6.47. The van der Waals surface area contributed by atoms with Crippen molar-refractivity contribution in [2.75, 3.05) is 13.1 Å². The average molecular weight is 306 g/mol. The van der Waals surface area contributed by atoms with E-state index in [1.165, 1.54) is 5.56 Å². The van der Waals surface area contributed by atoms with Gasteiger partial charge in [0.25, 0.3) is 0 Å². The maximum atomic E-state index is 12.7. The lowest BCUT2D eigenvalue weighted by atomic mass is 9.79. The van der Waals surface area contributed by atoms with E-state index in [1.54, 1.807) is 12.4 Å². The van der Waals surface area contributed by atoms with Gasteiger partial charge in [-0.2, -0.15) is 0 Å². The van der Waals surface area contributed by atoms with Crippen LogP contribution in [-0.4, -0.2) is 28.8 Å². The first-order valence-corrected chi connectivity index (χ1v) is 7.96. The summed E-state index contributed by atoms with van der Waals surface area (Å²) in [7, 11) is 0. The average Bonchev–Trinajstić information content (AvgIpc) is 2.54. The van der Waals surface area contributed by atoms with Crippen molar-refractivity contribution in [3.63, 3.8) is 0 Å². The highest BCUT2D eigenvalue weighted by Gasteiger charge is 2.37. The summed E-state index contributed by atoms with van der Waals surface area (Å²) in [5, 5.41) is 0. The second-order valence-corrected chi connectivity index (χ2v) is 6.80. The molecule has 1 saturated heterocycles. The number of carbonyl (C=O) groups excluding carboxylic acids is 1. The normalized spacial score (nSPS) is 19.9. The van der Waals surface area contributed by atoms with Gasteiger partial charge in [0, 0.05) is 43.0 Å². The van der Waals surface area contributed by atoms with Crippen LogP contribution in [-0.2, 0) is 11.3 Å². The van der Waals surface area contributed by atoms with Gasteiger partial charge in [0.05, 0.1) is 0 Å². The van der Waals surface area contributed by atoms with E-state index in [9.17, 15) is 4.79 Å². The van der Waals surface area contributed by atoms with Gasteiger partial charge in [-0.1, -0.05) is 50.2 Å². The molecule has 23 heavy (non-hydrogen) atoms. The summed E-state index contributed by atoms with van der Waals surface area (Å²) in [5.74, 6) is 0.241. The number of nitrogens with zero attached hydrogens (tertiary/aromatic N) is 2. The number of pyridine rings is 1. The van der Waals surface area contributed by atoms with Crippen LogP contribution in [0.3, 0.4) is 0 Å². The van der Waals surface area contributed by atoms with Crippen LogP contribution < -0.4 is 0 Å². The van der Waals surface area contributed by atoms with Crippen molar-refractivity contribution in [3.05, 3.63) is 71.6 Å². The number of piperidine rings is 1. The number of rotatable bonds is 3. The van der Waals surface area contributed by atoms with Crippen LogP contribution >= 0.6 is 0 Å². The standard InChI is InChI=1S/C20H22N2O/c1-20(2)15-22(13-16-7-4-3-5-8-16)14-18(19(20)23)11-17-9-6-10-21-12-17/h3-12H,13-15H2,1-2H3. The molecular weight excluding hydrogens is 284 g/mol. The van der Waals surface area contributed by atoms with Crippen molar-refractivity contribution in [2.24, 2.45) is 5.41 Å². The van der Waals surface area contributed by atoms with E-state index in [1.807, 2.05) is 38.1 Å². The molecule has 1 fully saturated rings. The maximum Gasteiger partial charge on any atom is 0.167 e. The highest BCUT2D eigenvalue weighted by atomic mass is 16.1. The Hall–Kier alpha value is -2.26. The summed E-state index contributed by atoms with van der Waals surface area (Å²) in [6.07, 6.45) is 5.52. The molecule has 2 heterocycles. The molecule has 0 atom stereocenters. The zero-order chi connectivity index (χ0) is 16.3. The summed E-state index contributed by atoms with van der Waals surface area (Å²) < 4.78 is 0. The molecule has 118 valence electrons. The molecule has 1 aliphatic heterocycles. The minimum absolute atomic E-state index is 0.241. The Balaban J connectivity index is 1.84. The van der Waals surface area contributed by atoms with Gasteiger partial charge in [-0.15, -0.1) is 0 Å². The molecule has 0 unspecified atom stereocenters. The second-order valence-electron chi connectivity index (χ2n) is 6.80. The Bertz CT molecular complexity index is 705. The molecule has 3 heteroatoms. The number of hydrogen-bond donors (Lipinski definition) is 0. The van der Waals surface area contributed by atoms with Gasteiger partial charge < -0.3 is 0 Å². The Labute approximate surface area is 137 Å². The molecule has 0 radical (unpaired) electrons. The van der Waals surface area contributed by atoms with Gasteiger partial charge in [0.15, 0.2) is 5.78 Å². The minimum atomic E-state index is -0.360. The zero-order valence-electron chi connectivity index (χ0n) is 13.7. The van der Waals surface area contributed by atoms with E-state index >= 15 is 0 Å². The molecule has 1 aromatic carbocycles. The monoisotopic (exact) mass is 306 g/mol. The summed E-state index contributed by atoms with van der Waals surface area (Å²) in [4.78, 5) is 19.2. The molecular formula is C20H22N2O. The lowest BCUT2D eigenvalue weighted by Gasteiger charge is -2.38. The number of carbonyl (C=O) groups is 1. The largest absolute Gasteiger partial charge is 0.294 e. The summed E-state index contributed by atoms with van der Waals surface area (Å²) in [5.41, 5.74) is 2.76. The van der Waals surface area contributed by atoms with Crippen molar-refractivity contribution in [3.8, 4) is 0 Å². The number of likely N-dealkylation sites (tertiary alicyclic amines) is 1. The van der Waals surface area contributed by atoms with Crippen molar-refractivity contribution >= 4 is 11.9 Å². The molecule has 2 aromatic rings.